The lowest BCUT2D eigenvalue weighted by Crippen LogP contribution is -2.39. The molecule has 4 unspecified atom stereocenters. The number of hydrogen-bond donors (Lipinski definition) is 1. The quantitative estimate of drug-likeness (QED) is 0.850. The van der Waals surface area contributed by atoms with Gasteiger partial charge in [-0.25, -0.2) is 0 Å². The molecular weight excluding hydrogens is 248 g/mol. The third kappa shape index (κ3) is 3.82. The minimum atomic E-state index is 0.562. The van der Waals surface area contributed by atoms with Crippen molar-refractivity contribution in [3.63, 3.8) is 0 Å². The highest BCUT2D eigenvalue weighted by atomic mass is 32.2. The Morgan fingerprint density at radius 3 is 2.94 bits per heavy atom. The molecule has 2 aliphatic rings. The van der Waals surface area contributed by atoms with E-state index in [9.17, 15) is 0 Å². The molecule has 2 fully saturated rings. The second-order valence-electron chi connectivity index (χ2n) is 5.14. The summed E-state index contributed by atoms with van der Waals surface area (Å²) < 4.78 is 0. The summed E-state index contributed by atoms with van der Waals surface area (Å²) in [4.78, 5) is 4.98. The number of nitrogens with zero attached hydrogens (tertiary/aromatic N) is 1. The molecule has 4 heteroatoms. The van der Waals surface area contributed by atoms with Crippen molar-refractivity contribution < 1.29 is 0 Å². The van der Waals surface area contributed by atoms with Gasteiger partial charge in [0.15, 0.2) is 5.17 Å². The van der Waals surface area contributed by atoms with Gasteiger partial charge in [0.05, 0.1) is 6.04 Å². The van der Waals surface area contributed by atoms with E-state index in [0.29, 0.717) is 17.3 Å². The summed E-state index contributed by atoms with van der Waals surface area (Å²) in [5.41, 5.74) is 0. The molecule has 4 atom stereocenters. The number of rotatable bonds is 3. The summed E-state index contributed by atoms with van der Waals surface area (Å²) in [5, 5.41) is 6.22. The van der Waals surface area contributed by atoms with E-state index in [2.05, 4.69) is 37.8 Å². The maximum absolute atomic E-state index is 4.98. The van der Waals surface area contributed by atoms with E-state index in [0.717, 1.165) is 5.25 Å². The Labute approximate surface area is 114 Å². The average molecular weight is 272 g/mol. The summed E-state index contributed by atoms with van der Waals surface area (Å²) >= 11 is 4.02. The van der Waals surface area contributed by atoms with Gasteiger partial charge in [-0.15, -0.1) is 0 Å². The minimum Gasteiger partial charge on any atom is -0.362 e. The summed E-state index contributed by atoms with van der Waals surface area (Å²) in [6.07, 6.45) is 5.25. The predicted molar refractivity (Wildman–Crippen MR) is 81.3 cm³/mol. The topological polar surface area (TPSA) is 24.4 Å². The molecule has 2 nitrogen and oxygen atoms in total. The molecule has 1 aliphatic carbocycles. The van der Waals surface area contributed by atoms with Crippen LogP contribution in [0.5, 0.6) is 0 Å². The van der Waals surface area contributed by atoms with Gasteiger partial charge in [0.25, 0.3) is 0 Å². The predicted octanol–water partition coefficient (Wildman–Crippen LogP) is 3.52. The largest absolute Gasteiger partial charge is 0.362 e. The van der Waals surface area contributed by atoms with Gasteiger partial charge in [-0.05, 0) is 31.9 Å². The highest BCUT2D eigenvalue weighted by Gasteiger charge is 2.28. The maximum Gasteiger partial charge on any atom is 0.157 e. The molecule has 0 aromatic carbocycles. The van der Waals surface area contributed by atoms with Crippen LogP contribution in [0.15, 0.2) is 4.99 Å². The summed E-state index contributed by atoms with van der Waals surface area (Å²) in [6.45, 7) is 6.83. The Balaban J connectivity index is 1.97. The second-order valence-corrected chi connectivity index (χ2v) is 8.08. The van der Waals surface area contributed by atoms with E-state index in [4.69, 9.17) is 4.99 Å². The molecule has 17 heavy (non-hydrogen) atoms. The molecule has 1 saturated heterocycles. The Bertz CT molecular complexity index is 269. The fourth-order valence-electron chi connectivity index (χ4n) is 2.72. The number of thioether (sulfide) groups is 2. The van der Waals surface area contributed by atoms with Crippen LogP contribution in [0.1, 0.15) is 46.5 Å². The molecule has 0 aromatic heterocycles. The molecule has 0 amide bonds. The standard InChI is InChI=1S/C13H24N2S2/c1-4-16-12-7-5-6-11(12)15-13-14-9(2)8-10(3)17-13/h9-12H,4-8H2,1-3H3,(H,14,15). The molecule has 1 aliphatic heterocycles. The van der Waals surface area contributed by atoms with E-state index in [1.54, 1.807) is 0 Å². The van der Waals surface area contributed by atoms with E-state index in [1.807, 2.05) is 11.8 Å². The molecule has 0 radical (unpaired) electrons. The van der Waals surface area contributed by atoms with Crippen LogP contribution in [-0.2, 0) is 0 Å². The normalized spacial score (nSPS) is 40.5. The second kappa shape index (κ2) is 6.37. The molecular formula is C13H24N2S2. The lowest BCUT2D eigenvalue weighted by molar-refractivity contribution is 0.593. The highest BCUT2D eigenvalue weighted by molar-refractivity contribution is 8.14. The third-order valence-electron chi connectivity index (χ3n) is 3.45. The minimum absolute atomic E-state index is 0.562. The Kier molecular flexibility index (Phi) is 5.10. The molecule has 0 spiro atoms. The van der Waals surface area contributed by atoms with Gasteiger partial charge in [-0.1, -0.05) is 32.0 Å². The van der Waals surface area contributed by atoms with E-state index < -0.39 is 0 Å². The first-order valence-electron chi connectivity index (χ1n) is 6.81. The van der Waals surface area contributed by atoms with Crippen molar-refractivity contribution in [2.24, 2.45) is 4.99 Å². The van der Waals surface area contributed by atoms with Crippen LogP contribution >= 0.6 is 23.5 Å². The van der Waals surface area contributed by atoms with Crippen LogP contribution in [0, 0.1) is 0 Å². The van der Waals surface area contributed by atoms with Crippen molar-refractivity contribution in [3.8, 4) is 0 Å². The number of aliphatic imine (C=N–C) groups is 1. The fourth-order valence-corrected chi connectivity index (χ4v) is 5.13. The van der Waals surface area contributed by atoms with E-state index in [-0.39, 0.29) is 0 Å². The van der Waals surface area contributed by atoms with E-state index in [1.165, 1.54) is 36.6 Å². The zero-order valence-electron chi connectivity index (χ0n) is 11.1. The number of hydrogen-bond acceptors (Lipinski definition) is 3. The zero-order chi connectivity index (χ0) is 12.3. The molecule has 1 saturated carbocycles. The Morgan fingerprint density at radius 2 is 2.24 bits per heavy atom. The van der Waals surface area contributed by atoms with Gasteiger partial charge in [0, 0.05) is 16.5 Å². The van der Waals surface area contributed by atoms with Crippen LogP contribution in [0.25, 0.3) is 0 Å². The molecule has 1 heterocycles. The Hall–Kier alpha value is 0.170. The van der Waals surface area contributed by atoms with Crippen molar-refractivity contribution >= 4 is 28.7 Å². The lowest BCUT2D eigenvalue weighted by atomic mass is 10.2. The zero-order valence-corrected chi connectivity index (χ0v) is 12.7. The summed E-state index contributed by atoms with van der Waals surface area (Å²) in [7, 11) is 0. The summed E-state index contributed by atoms with van der Waals surface area (Å²) in [5.74, 6) is 1.22. The van der Waals surface area contributed by atoms with Crippen LogP contribution in [-0.4, -0.2) is 33.5 Å². The van der Waals surface area contributed by atoms with Crippen molar-refractivity contribution in [1.82, 2.24) is 5.32 Å². The first kappa shape index (κ1) is 13.6. The SMILES string of the molecule is CCSC1CCCC1N=C1NC(C)CC(C)S1. The van der Waals surface area contributed by atoms with Crippen LogP contribution in [0.4, 0.5) is 0 Å². The van der Waals surface area contributed by atoms with Gasteiger partial charge >= 0.3 is 0 Å². The Morgan fingerprint density at radius 1 is 1.41 bits per heavy atom. The highest BCUT2D eigenvalue weighted by Crippen LogP contribution is 2.33. The fraction of sp³-hybridized carbons (Fsp3) is 0.923. The van der Waals surface area contributed by atoms with Crippen molar-refractivity contribution in [2.75, 3.05) is 5.75 Å². The molecule has 98 valence electrons. The number of nitrogens with one attached hydrogen (secondary N) is 1. The average Bonchev–Trinajstić information content (AvgIpc) is 2.65. The van der Waals surface area contributed by atoms with Gasteiger partial charge in [0.1, 0.15) is 0 Å². The molecule has 0 aromatic rings. The molecule has 1 N–H and O–H groups in total. The molecule has 0 bridgehead atoms. The van der Waals surface area contributed by atoms with Crippen molar-refractivity contribution in [2.45, 2.75) is 69.0 Å². The van der Waals surface area contributed by atoms with Crippen LogP contribution in [0.3, 0.4) is 0 Å². The first-order valence-corrected chi connectivity index (χ1v) is 8.74. The van der Waals surface area contributed by atoms with Gasteiger partial charge < -0.3 is 5.32 Å². The lowest BCUT2D eigenvalue weighted by Gasteiger charge is -2.28. The smallest absolute Gasteiger partial charge is 0.157 e. The first-order chi connectivity index (χ1) is 8.19. The van der Waals surface area contributed by atoms with Gasteiger partial charge in [-0.3, -0.25) is 4.99 Å². The van der Waals surface area contributed by atoms with Gasteiger partial charge in [-0.2, -0.15) is 11.8 Å². The monoisotopic (exact) mass is 272 g/mol. The molecule has 2 rings (SSSR count). The maximum atomic E-state index is 4.98. The van der Waals surface area contributed by atoms with Crippen molar-refractivity contribution in [3.05, 3.63) is 0 Å². The third-order valence-corrected chi connectivity index (χ3v) is 5.80. The summed E-state index contributed by atoms with van der Waals surface area (Å²) in [6, 6.07) is 1.15. The van der Waals surface area contributed by atoms with Gasteiger partial charge in [0.2, 0.25) is 0 Å². The van der Waals surface area contributed by atoms with Crippen molar-refractivity contribution in [1.29, 1.82) is 0 Å². The van der Waals surface area contributed by atoms with Crippen LogP contribution in [0.2, 0.25) is 0 Å². The number of amidine groups is 1. The van der Waals surface area contributed by atoms with Crippen LogP contribution < -0.4 is 5.32 Å². The van der Waals surface area contributed by atoms with E-state index >= 15 is 0 Å².